The molecule has 7 N–H and O–H groups in total. The summed E-state index contributed by atoms with van der Waals surface area (Å²) < 4.78 is 55.7. The first-order chi connectivity index (χ1) is 56.3. The lowest BCUT2D eigenvalue weighted by Crippen LogP contribution is -2.18. The molecular weight excluding hydrogens is 1650 g/mol. The van der Waals surface area contributed by atoms with Gasteiger partial charge in [0.15, 0.2) is 91.7 Å². The van der Waals surface area contributed by atoms with Gasteiger partial charge in [0.1, 0.15) is 70.9 Å². The summed E-state index contributed by atoms with van der Waals surface area (Å²) in [7, 11) is 0. The Morgan fingerprint density at radius 1 is 0.444 bits per heavy atom. The fourth-order valence-electron chi connectivity index (χ4n) is 11.8. The third-order valence-electron chi connectivity index (χ3n) is 17.4. The summed E-state index contributed by atoms with van der Waals surface area (Å²) in [6.07, 6.45) is 10.1. The van der Waals surface area contributed by atoms with Gasteiger partial charge in [-0.15, -0.1) is 0 Å². The number of hydrogen-bond donors (Lipinski definition) is 4. The van der Waals surface area contributed by atoms with Crippen molar-refractivity contribution in [2.45, 2.75) is 79.0 Å². The number of ketones is 4. The number of aryl methyl sites for hydroxylation is 6. The van der Waals surface area contributed by atoms with Crippen molar-refractivity contribution in [3.8, 4) is 80.0 Å². The second-order valence-electron chi connectivity index (χ2n) is 26.6. The molecule has 30 heteroatoms. The number of imidazole rings is 1. The van der Waals surface area contributed by atoms with E-state index in [-0.39, 0.29) is 40.1 Å². The van der Waals surface area contributed by atoms with Crippen molar-refractivity contribution in [2.24, 2.45) is 11.5 Å². The normalized spacial score (nSPS) is 13.4. The maximum Gasteiger partial charge on any atom is 0.239 e. The summed E-state index contributed by atoms with van der Waals surface area (Å²) >= 11 is 10.4. The molecule has 6 aliphatic heterocycles. The topological polar surface area (TPSA) is 369 Å². The number of nitrogens with two attached hydrogens (primary N) is 3. The molecule has 1 fully saturated rings. The maximum atomic E-state index is 12.6. The molecule has 1 unspecified atom stereocenters. The molecule has 17 rings (SSSR count). The average Bonchev–Trinajstić information content (AvgIpc) is 1.70. The minimum absolute atomic E-state index is 0.000000000000000222. The highest BCUT2D eigenvalue weighted by atomic mass is 79.9. The number of Topliss-reactive ketones (excluding diaryl/α,β-unsaturated/α-hetero) is 4. The minimum atomic E-state index is -0.401. The summed E-state index contributed by atoms with van der Waals surface area (Å²) in [5.41, 5.74) is 30.0. The van der Waals surface area contributed by atoms with Crippen LogP contribution in [-0.4, -0.2) is 145 Å². The molecule has 0 aliphatic carbocycles. The number of ether oxygens (including phenoxy) is 10. The van der Waals surface area contributed by atoms with Crippen LogP contribution >= 0.6 is 44.3 Å². The first-order valence-corrected chi connectivity index (χ1v) is 39.1. The summed E-state index contributed by atoms with van der Waals surface area (Å²) in [5.74, 6) is 7.06. The number of thiocarbonyl (C=S) groups is 1. The van der Waals surface area contributed by atoms with Crippen LogP contribution in [0.2, 0.25) is 0 Å². The first kappa shape index (κ1) is 86.7. The smallest absolute Gasteiger partial charge is 0.239 e. The molecule has 0 saturated carbocycles. The number of carbonyl (C=O) groups excluding carboxylic acids is 6. The molecule has 5 aromatic carbocycles. The van der Waals surface area contributed by atoms with Crippen LogP contribution in [-0.2, 0) is 22.4 Å². The van der Waals surface area contributed by atoms with E-state index in [2.05, 4.69) is 104 Å². The zero-order valence-electron chi connectivity index (χ0n) is 65.4. The highest BCUT2D eigenvalue weighted by molar-refractivity contribution is 9.09. The quantitative estimate of drug-likeness (QED) is 0.0290. The zero-order valence-corrected chi connectivity index (χ0v) is 69.3. The van der Waals surface area contributed by atoms with Gasteiger partial charge in [-0.2, -0.15) is 0 Å². The van der Waals surface area contributed by atoms with E-state index in [1.807, 2.05) is 114 Å². The lowest BCUT2D eigenvalue weighted by molar-refractivity contribution is -0.131. The number of nitrogen functional groups attached to an aromatic ring is 1. The van der Waals surface area contributed by atoms with Crippen LogP contribution in [0, 0.1) is 41.5 Å². The van der Waals surface area contributed by atoms with E-state index in [0.717, 1.165) is 88.8 Å². The Morgan fingerprint density at radius 2 is 0.829 bits per heavy atom. The number of aromatic amines is 1. The average molecular weight is 1730 g/mol. The predicted octanol–water partition coefficient (Wildman–Crippen LogP) is 14.4. The number of pyridine rings is 5. The van der Waals surface area contributed by atoms with Crippen molar-refractivity contribution < 1.29 is 76.1 Å². The molecule has 1 saturated heterocycles. The van der Waals surface area contributed by atoms with Crippen LogP contribution in [0.1, 0.15) is 117 Å². The number of amides is 2. The van der Waals surface area contributed by atoms with Crippen LogP contribution in [0.4, 0.5) is 5.95 Å². The Morgan fingerprint density at radius 3 is 1.26 bits per heavy atom. The van der Waals surface area contributed by atoms with Crippen LogP contribution in [0.25, 0.3) is 22.5 Å². The fraction of sp³-hybridized carbons (Fsp3) is 0.253. The third kappa shape index (κ3) is 25.9. The largest absolute Gasteiger partial charge is 0.486 e. The van der Waals surface area contributed by atoms with Crippen LogP contribution in [0.5, 0.6) is 57.5 Å². The van der Waals surface area contributed by atoms with E-state index in [4.69, 9.17) is 53.1 Å². The molecule has 0 radical (unpaired) electrons. The predicted molar refractivity (Wildman–Crippen MR) is 451 cm³/mol. The molecule has 6 aliphatic rings. The highest BCUT2D eigenvalue weighted by Crippen LogP contribution is 2.40. The van der Waals surface area contributed by atoms with Gasteiger partial charge < -0.3 is 69.6 Å². The second kappa shape index (κ2) is 42.6. The van der Waals surface area contributed by atoms with Crippen LogP contribution < -0.4 is 64.6 Å². The molecular formula is C87H87Br2N11O16S. The number of H-pyrrole nitrogens is 1. The van der Waals surface area contributed by atoms with Crippen molar-refractivity contribution in [3.05, 3.63) is 256 Å². The lowest BCUT2D eigenvalue weighted by Gasteiger charge is -2.19. The molecule has 117 heavy (non-hydrogen) atoms. The Labute approximate surface area is 698 Å². The molecule has 0 bridgehead atoms. The molecule has 606 valence electrons. The van der Waals surface area contributed by atoms with E-state index in [1.165, 1.54) is 12.5 Å². The monoisotopic (exact) mass is 1730 g/mol. The van der Waals surface area contributed by atoms with Crippen molar-refractivity contribution in [1.82, 2.24) is 38.8 Å². The molecule has 2 amide bonds. The number of benzene rings is 5. The van der Waals surface area contributed by atoms with Crippen LogP contribution in [0.15, 0.2) is 183 Å². The van der Waals surface area contributed by atoms with Crippen molar-refractivity contribution in [1.29, 1.82) is 0 Å². The first-order valence-electron chi connectivity index (χ1n) is 37.0. The Balaban J connectivity index is 0.000000146. The number of fused-ring (bicyclic) bond motifs is 5. The summed E-state index contributed by atoms with van der Waals surface area (Å²) in [4.78, 5) is 97.0. The van der Waals surface area contributed by atoms with Gasteiger partial charge in [-0.25, -0.2) is 8.91 Å². The number of carbonyl (C=O) groups is 6. The van der Waals surface area contributed by atoms with E-state index in [0.29, 0.717) is 160 Å². The molecule has 1 atom stereocenters. The van der Waals surface area contributed by atoms with Gasteiger partial charge in [-0.05, 0) is 235 Å². The van der Waals surface area contributed by atoms with Gasteiger partial charge in [0.05, 0.1) is 34.0 Å². The highest BCUT2D eigenvalue weighted by Gasteiger charge is 2.27. The van der Waals surface area contributed by atoms with Gasteiger partial charge in [0.2, 0.25) is 11.8 Å². The summed E-state index contributed by atoms with van der Waals surface area (Å²) in [5, 5.41) is 0.000000000000000222. The number of aromatic nitrogens is 7. The zero-order chi connectivity index (χ0) is 83.5. The number of nitrogens with zero attached hydrogens (tertiary/aromatic N) is 7. The maximum absolute atomic E-state index is 12.6. The SMILES string of the molecule is CC(=O)c1ccc2c(c1)OCCO2.Cc1cc(-c2[nH]c(N)nc2-c2ccc3c(c2)OCCO3)ccn1.Cc1cc(C(Br)C(=O)c2ccc3c(c2)OCCO3)ccn1.Cc1cc(CC(=O)c2ccc3c(c2)OCCO3)ccn1.Cc1ccnc(C)c1.Cc1ccnc(CC(=O)c2ccc3c(c2)OCCO3)c1.NC(N)=S.O=C1CCC(=O)N1Br. The van der Waals surface area contributed by atoms with Crippen molar-refractivity contribution in [3.63, 3.8) is 0 Å². The van der Waals surface area contributed by atoms with E-state index in [9.17, 15) is 28.8 Å². The van der Waals surface area contributed by atoms with E-state index < -0.39 is 4.83 Å². The van der Waals surface area contributed by atoms with Gasteiger partial charge in [-0.1, -0.05) is 15.9 Å². The standard InChI is InChI=1S/C17H16N4O2.C16H14BrNO3.2C16H15NO3.C10H10O3.C7H9N.C4H4BrNO2.CH4N2S/c1-10-8-12(4-5-19-10)16-15(20-17(18)21-16)11-2-3-13-14(9-11)23-7-6-22-13;1-10-8-11(4-5-18-10)15(17)16(19)12-2-3-13-14(9-12)21-7-6-20-13;1-11-8-12(4-5-17-11)9-14(18)13-2-3-15-16(10-13)20-7-6-19-15;1-11-4-5-17-13(8-11)10-14(18)12-2-3-15-16(9-12)20-7-6-19-15;1-7(11)8-2-3-9-10(6-8)13-5-4-12-9;1-6-3-4-8-7(2)5-6;5-6-3(7)1-2-4(6)8;2-1(3)4/h2-5,8-9H,6-7H2,1H3,(H3,18,20,21);2-5,8-9,15H,6-7H2,1H3;2-5,8,10H,6-7,9H2,1H3;2-5,8-9H,6-7,10H2,1H3;2-3,6H,4-5H2,1H3;3-5H,1-2H3;1-2H2;(H4,2,3,4). The number of nitrogens with one attached hydrogen (secondary N) is 1. The molecule has 11 aromatic rings. The number of rotatable bonds is 12. The van der Waals surface area contributed by atoms with Gasteiger partial charge >= 0.3 is 0 Å². The Bertz CT molecular complexity index is 5230. The summed E-state index contributed by atoms with van der Waals surface area (Å²) in [6.45, 7) is 18.8. The second-order valence-corrected chi connectivity index (χ2v) is 28.7. The van der Waals surface area contributed by atoms with Gasteiger partial charge in [0, 0.05) is 112 Å². The number of imide groups is 1. The number of halogens is 2. The fourth-order valence-corrected chi connectivity index (χ4v) is 12.7. The van der Waals surface area contributed by atoms with E-state index in [1.54, 1.807) is 97.6 Å². The van der Waals surface area contributed by atoms with Crippen molar-refractivity contribution >= 4 is 90.3 Å². The van der Waals surface area contributed by atoms with Crippen LogP contribution in [0.3, 0.4) is 0 Å². The van der Waals surface area contributed by atoms with Gasteiger partial charge in [0.25, 0.3) is 0 Å². The Hall–Kier alpha value is -12.7. The summed E-state index contributed by atoms with van der Waals surface area (Å²) in [6, 6.07) is 46.3. The molecule has 0 spiro atoms. The lowest BCUT2D eigenvalue weighted by atomic mass is 10.0. The van der Waals surface area contributed by atoms with Gasteiger partial charge in [-0.3, -0.25) is 53.7 Å². The number of alkyl halides is 1. The number of hydrogen-bond acceptors (Lipinski definition) is 24. The molecule has 27 nitrogen and oxygen atoms in total. The number of anilines is 1. The molecule has 12 heterocycles. The minimum Gasteiger partial charge on any atom is -0.486 e. The van der Waals surface area contributed by atoms with E-state index >= 15 is 0 Å². The Kier molecular flexibility index (Phi) is 31.6. The third-order valence-corrected chi connectivity index (χ3v) is 19.1. The van der Waals surface area contributed by atoms with Crippen molar-refractivity contribution in [2.75, 3.05) is 71.8 Å². The molecule has 6 aromatic heterocycles.